The van der Waals surface area contributed by atoms with Crippen LogP contribution in [0.4, 0.5) is 4.79 Å². The smallest absolute Gasteiger partial charge is 0.407 e. The van der Waals surface area contributed by atoms with Crippen LogP contribution in [0.25, 0.3) is 0 Å². The van der Waals surface area contributed by atoms with Crippen LogP contribution in [-0.4, -0.2) is 38.0 Å². The quantitative estimate of drug-likeness (QED) is 0.401. The van der Waals surface area contributed by atoms with Crippen LogP contribution in [0.2, 0.25) is 0 Å². The number of hydrazone groups is 1. The predicted octanol–water partition coefficient (Wildman–Crippen LogP) is 4.03. The lowest BCUT2D eigenvalue weighted by Gasteiger charge is -2.16. The van der Waals surface area contributed by atoms with Crippen molar-refractivity contribution in [2.75, 3.05) is 13.7 Å². The van der Waals surface area contributed by atoms with Gasteiger partial charge in [0.05, 0.1) is 28.9 Å². The number of rotatable bonds is 8. The molecule has 0 saturated heterocycles. The molecule has 0 unspecified atom stereocenters. The molecule has 0 spiro atoms. The molecule has 0 heterocycles. The monoisotopic (exact) mass is 525 g/mol. The van der Waals surface area contributed by atoms with Crippen molar-refractivity contribution in [1.29, 1.82) is 0 Å². The lowest BCUT2D eigenvalue weighted by molar-refractivity contribution is -0.123. The van der Waals surface area contributed by atoms with Gasteiger partial charge in [-0.2, -0.15) is 5.10 Å². The Morgan fingerprint density at radius 1 is 1.17 bits per heavy atom. The summed E-state index contributed by atoms with van der Waals surface area (Å²) in [5.41, 5.74) is 4.10. The Morgan fingerprint density at radius 3 is 2.41 bits per heavy atom. The van der Waals surface area contributed by atoms with E-state index in [0.29, 0.717) is 12.2 Å². The van der Waals surface area contributed by atoms with Crippen LogP contribution in [0.1, 0.15) is 18.1 Å². The van der Waals surface area contributed by atoms with Gasteiger partial charge in [-0.05, 0) is 62.0 Å². The van der Waals surface area contributed by atoms with Crippen molar-refractivity contribution in [2.24, 2.45) is 5.10 Å². The lowest BCUT2D eigenvalue weighted by atomic mass is 10.1. The first-order valence-corrected chi connectivity index (χ1v) is 10.4. The van der Waals surface area contributed by atoms with E-state index in [9.17, 15) is 9.59 Å². The fraction of sp³-hybridized carbons (Fsp3) is 0.250. The van der Waals surface area contributed by atoms with Gasteiger partial charge in [-0.1, -0.05) is 30.3 Å². The Balaban J connectivity index is 2.08. The van der Waals surface area contributed by atoms with Crippen LogP contribution in [0.5, 0.6) is 5.75 Å². The number of nitrogens with one attached hydrogen (secondary N) is 2. The van der Waals surface area contributed by atoms with Crippen LogP contribution >= 0.6 is 31.9 Å². The molecule has 0 aromatic heterocycles. The van der Waals surface area contributed by atoms with Gasteiger partial charge in [0.2, 0.25) is 0 Å². The van der Waals surface area contributed by atoms with Crippen molar-refractivity contribution in [2.45, 2.75) is 19.4 Å². The molecule has 2 aromatic rings. The molecular weight excluding hydrogens is 506 g/mol. The summed E-state index contributed by atoms with van der Waals surface area (Å²) in [5, 5.41) is 6.57. The zero-order chi connectivity index (χ0) is 21.2. The van der Waals surface area contributed by atoms with E-state index >= 15 is 0 Å². The number of amides is 2. The van der Waals surface area contributed by atoms with Crippen LogP contribution in [0, 0.1) is 0 Å². The molecule has 2 amide bonds. The molecule has 9 heteroatoms. The second-order valence-corrected chi connectivity index (χ2v) is 7.57. The predicted molar refractivity (Wildman–Crippen MR) is 118 cm³/mol. The minimum atomic E-state index is -0.831. The highest BCUT2D eigenvalue weighted by molar-refractivity contribution is 9.11. The highest BCUT2D eigenvalue weighted by Gasteiger charge is 2.21. The van der Waals surface area contributed by atoms with Gasteiger partial charge in [0.15, 0.2) is 0 Å². The number of alkyl carbamates (subject to hydrolysis) is 1. The number of carbonyl (C=O) groups is 2. The van der Waals surface area contributed by atoms with Crippen LogP contribution in [-0.2, 0) is 16.0 Å². The van der Waals surface area contributed by atoms with Gasteiger partial charge in [0.1, 0.15) is 11.8 Å². The van der Waals surface area contributed by atoms with Gasteiger partial charge in [0.25, 0.3) is 5.91 Å². The molecule has 7 nitrogen and oxygen atoms in total. The second-order valence-electron chi connectivity index (χ2n) is 5.86. The molecule has 1 atom stereocenters. The average molecular weight is 527 g/mol. The SMILES string of the molecule is CCOC(=O)N[C@@H](Cc1ccccc1)C(=O)N/N=C\c1cc(Br)c(OC)c(Br)c1. The zero-order valence-corrected chi connectivity index (χ0v) is 19.1. The van der Waals surface area contributed by atoms with E-state index in [0.717, 1.165) is 20.1 Å². The maximum Gasteiger partial charge on any atom is 0.407 e. The van der Waals surface area contributed by atoms with E-state index in [-0.39, 0.29) is 6.61 Å². The zero-order valence-electron chi connectivity index (χ0n) is 15.9. The van der Waals surface area contributed by atoms with Crippen LogP contribution < -0.4 is 15.5 Å². The molecule has 0 fully saturated rings. The van der Waals surface area contributed by atoms with Crippen LogP contribution in [0.15, 0.2) is 56.5 Å². The molecule has 154 valence electrons. The van der Waals surface area contributed by atoms with Gasteiger partial charge in [-0.3, -0.25) is 4.79 Å². The summed E-state index contributed by atoms with van der Waals surface area (Å²) in [7, 11) is 1.57. The van der Waals surface area contributed by atoms with Gasteiger partial charge in [0, 0.05) is 6.42 Å². The van der Waals surface area contributed by atoms with E-state index in [1.165, 1.54) is 6.21 Å². The third-order valence-electron chi connectivity index (χ3n) is 3.78. The molecule has 2 aromatic carbocycles. The number of halogens is 2. The maximum atomic E-state index is 12.6. The Bertz CT molecular complexity index is 852. The van der Waals surface area contributed by atoms with Crippen molar-refractivity contribution in [3.63, 3.8) is 0 Å². The lowest BCUT2D eigenvalue weighted by Crippen LogP contribution is -2.47. The van der Waals surface area contributed by atoms with E-state index in [2.05, 4.69) is 47.7 Å². The molecule has 0 aliphatic heterocycles. The molecule has 29 heavy (non-hydrogen) atoms. The number of nitrogens with zero attached hydrogens (tertiary/aromatic N) is 1. The molecule has 2 rings (SSSR count). The number of ether oxygens (including phenoxy) is 2. The number of methoxy groups -OCH3 is 1. The Morgan fingerprint density at radius 2 is 1.83 bits per heavy atom. The third kappa shape index (κ3) is 7.17. The summed E-state index contributed by atoms with van der Waals surface area (Å²) < 4.78 is 11.6. The van der Waals surface area contributed by atoms with Gasteiger partial charge in [-0.25, -0.2) is 10.2 Å². The number of hydrogen-bond donors (Lipinski definition) is 2. The molecule has 0 bridgehead atoms. The van der Waals surface area contributed by atoms with E-state index in [1.807, 2.05) is 30.3 Å². The average Bonchev–Trinajstić information content (AvgIpc) is 2.68. The summed E-state index contributed by atoms with van der Waals surface area (Å²) in [6, 6.07) is 12.1. The van der Waals surface area contributed by atoms with E-state index in [1.54, 1.807) is 26.2 Å². The molecule has 0 aliphatic rings. The Kier molecular flexibility index (Phi) is 9.14. The number of benzene rings is 2. The van der Waals surface area contributed by atoms with Crippen molar-refractivity contribution < 1.29 is 19.1 Å². The van der Waals surface area contributed by atoms with Gasteiger partial charge < -0.3 is 14.8 Å². The number of hydrogen-bond acceptors (Lipinski definition) is 5. The first kappa shape index (κ1) is 22.9. The van der Waals surface area contributed by atoms with Crippen molar-refractivity contribution in [3.05, 3.63) is 62.5 Å². The third-order valence-corrected chi connectivity index (χ3v) is 4.96. The summed E-state index contributed by atoms with van der Waals surface area (Å²) in [5.74, 6) is 0.206. The molecule has 0 aliphatic carbocycles. The minimum Gasteiger partial charge on any atom is -0.494 e. The fourth-order valence-corrected chi connectivity index (χ4v) is 4.02. The topological polar surface area (TPSA) is 89.0 Å². The van der Waals surface area contributed by atoms with Gasteiger partial charge in [-0.15, -0.1) is 0 Å². The minimum absolute atomic E-state index is 0.213. The maximum absolute atomic E-state index is 12.6. The molecule has 0 radical (unpaired) electrons. The second kappa shape index (κ2) is 11.6. The number of carbonyl (C=O) groups excluding carboxylic acids is 2. The normalized spacial score (nSPS) is 11.7. The van der Waals surface area contributed by atoms with Crippen molar-refractivity contribution >= 4 is 50.1 Å². The summed E-state index contributed by atoms with van der Waals surface area (Å²) in [6.45, 7) is 1.91. The summed E-state index contributed by atoms with van der Waals surface area (Å²) in [4.78, 5) is 24.4. The Labute approximate surface area is 186 Å². The van der Waals surface area contributed by atoms with Crippen LogP contribution in [0.3, 0.4) is 0 Å². The Hall–Kier alpha value is -2.39. The van der Waals surface area contributed by atoms with Gasteiger partial charge >= 0.3 is 6.09 Å². The first-order chi connectivity index (χ1) is 13.9. The van der Waals surface area contributed by atoms with Crippen molar-refractivity contribution in [3.8, 4) is 5.75 Å². The summed E-state index contributed by atoms with van der Waals surface area (Å²) in [6.07, 6.45) is 1.15. The summed E-state index contributed by atoms with van der Waals surface area (Å²) >= 11 is 6.83. The molecular formula is C20H21Br2N3O4. The fourth-order valence-electron chi connectivity index (χ4n) is 2.47. The largest absolute Gasteiger partial charge is 0.494 e. The van der Waals surface area contributed by atoms with Crippen molar-refractivity contribution in [1.82, 2.24) is 10.7 Å². The highest BCUT2D eigenvalue weighted by atomic mass is 79.9. The first-order valence-electron chi connectivity index (χ1n) is 8.77. The van der Waals surface area contributed by atoms with E-state index in [4.69, 9.17) is 9.47 Å². The molecule has 0 saturated carbocycles. The molecule has 2 N–H and O–H groups in total. The highest BCUT2D eigenvalue weighted by Crippen LogP contribution is 2.33. The standard InChI is InChI=1S/C20H21Br2N3O4/c1-3-29-20(27)24-17(11-13-7-5-4-6-8-13)19(26)25-23-12-14-9-15(21)18(28-2)16(22)10-14/h4-10,12,17H,3,11H2,1-2H3,(H,24,27)(H,25,26)/b23-12-/t17-/m0/s1. The van der Waals surface area contributed by atoms with E-state index < -0.39 is 18.0 Å².